The van der Waals surface area contributed by atoms with E-state index < -0.39 is 52.5 Å². The van der Waals surface area contributed by atoms with Crippen LogP contribution in [0.25, 0.3) is 0 Å². The fraction of sp³-hybridized carbons (Fsp3) is 0.714. The molecular weight excluding hydrogens is 462 g/mol. The minimum absolute atomic E-state index is 0.0711. The van der Waals surface area contributed by atoms with Gasteiger partial charge in [0.25, 0.3) is 7.82 Å². The second-order valence-corrected chi connectivity index (χ2v) is 10.7. The van der Waals surface area contributed by atoms with Crippen LogP contribution >= 0.6 is 15.6 Å². The number of aliphatic hydroxyl groups is 2. The molecule has 0 radical (unpaired) electrons. The standard InChI is InChI=1S/C14H26N4O11P2/c1-18(2,3)6-7-26-30(22,23)29-31(24,25)27-8-9-11(19)12(20)13(28-9)17-5-4-10(15)16-14(17)21/h4-5,9,11-13,19-20H,6-8H2,1-3H3,(H3-,15,16,21,22,23,24,25)/t9-,11-,12+,13+/m0/s1. The molecule has 1 aliphatic rings. The third-order valence-electron chi connectivity index (χ3n) is 4.08. The van der Waals surface area contributed by atoms with Crippen molar-refractivity contribution in [2.24, 2.45) is 0 Å². The number of quaternary nitrogens is 1. The number of hydrogen-bond acceptors (Lipinski definition) is 12. The van der Waals surface area contributed by atoms with Crippen LogP contribution in [0, 0.1) is 0 Å². The summed E-state index contributed by atoms with van der Waals surface area (Å²) in [5.41, 5.74) is 4.52. The Morgan fingerprint density at radius 3 is 2.52 bits per heavy atom. The second kappa shape index (κ2) is 9.73. The van der Waals surface area contributed by atoms with Crippen LogP contribution in [-0.2, 0) is 27.2 Å². The quantitative estimate of drug-likeness (QED) is 0.203. The summed E-state index contributed by atoms with van der Waals surface area (Å²) < 4.78 is 43.4. The van der Waals surface area contributed by atoms with Gasteiger partial charge in [-0.05, 0) is 6.07 Å². The van der Waals surface area contributed by atoms with Gasteiger partial charge in [0, 0.05) is 6.20 Å². The fourth-order valence-corrected chi connectivity index (χ4v) is 4.51. The van der Waals surface area contributed by atoms with Gasteiger partial charge in [-0.15, -0.1) is 0 Å². The van der Waals surface area contributed by atoms with Crippen molar-refractivity contribution >= 4 is 21.5 Å². The van der Waals surface area contributed by atoms with Crippen molar-refractivity contribution in [1.82, 2.24) is 9.55 Å². The summed E-state index contributed by atoms with van der Waals surface area (Å²) >= 11 is 0. The van der Waals surface area contributed by atoms with Crippen LogP contribution in [-0.4, -0.2) is 88.4 Å². The Labute approximate surface area is 177 Å². The minimum atomic E-state index is -5.18. The van der Waals surface area contributed by atoms with Crippen LogP contribution < -0.4 is 16.3 Å². The number of nitrogens with zero attached hydrogens (tertiary/aromatic N) is 3. The Hall–Kier alpha value is -1.22. The molecule has 1 saturated heterocycles. The highest BCUT2D eigenvalue weighted by Gasteiger charge is 2.45. The molecule has 1 aromatic rings. The second-order valence-electron chi connectivity index (χ2n) is 7.73. The van der Waals surface area contributed by atoms with Crippen LogP contribution in [0.3, 0.4) is 0 Å². The third kappa shape index (κ3) is 7.70. The van der Waals surface area contributed by atoms with Gasteiger partial charge in [-0.1, -0.05) is 0 Å². The van der Waals surface area contributed by atoms with Gasteiger partial charge in [0.05, 0.1) is 27.7 Å². The molecule has 5 N–H and O–H groups in total. The van der Waals surface area contributed by atoms with E-state index in [1.54, 1.807) is 21.1 Å². The van der Waals surface area contributed by atoms with Gasteiger partial charge in [0.1, 0.15) is 37.3 Å². The van der Waals surface area contributed by atoms with Gasteiger partial charge in [-0.25, -0.2) is 13.7 Å². The van der Waals surface area contributed by atoms with E-state index in [1.165, 1.54) is 12.3 Å². The lowest BCUT2D eigenvalue weighted by Gasteiger charge is -2.28. The number of hydrogen-bond donors (Lipinski definition) is 4. The number of likely N-dealkylation sites (N-methyl/N-ethyl adjacent to an activating group) is 1. The topological polar surface area (TPSA) is 216 Å². The molecular formula is C14H26N4O11P2. The molecule has 17 heteroatoms. The highest BCUT2D eigenvalue weighted by Crippen LogP contribution is 2.58. The van der Waals surface area contributed by atoms with Gasteiger partial charge < -0.3 is 39.5 Å². The molecule has 1 aromatic heterocycles. The number of anilines is 1. The van der Waals surface area contributed by atoms with Gasteiger partial charge in [0.2, 0.25) is 0 Å². The van der Waals surface area contributed by atoms with Crippen LogP contribution in [0.15, 0.2) is 17.1 Å². The summed E-state index contributed by atoms with van der Waals surface area (Å²) in [6, 6.07) is 1.26. The molecule has 0 aliphatic carbocycles. The average Bonchev–Trinajstić information content (AvgIpc) is 2.86. The summed E-state index contributed by atoms with van der Waals surface area (Å²) in [6.07, 6.45) is -4.89. The van der Waals surface area contributed by atoms with Gasteiger partial charge >= 0.3 is 13.5 Å². The number of nitrogens with two attached hydrogens (primary N) is 1. The maximum Gasteiger partial charge on any atom is 0.478 e. The van der Waals surface area contributed by atoms with Crippen molar-refractivity contribution in [3.63, 3.8) is 0 Å². The number of ether oxygens (including phenoxy) is 1. The summed E-state index contributed by atoms with van der Waals surface area (Å²) in [7, 11) is -5.01. The first-order chi connectivity index (χ1) is 14.1. The minimum Gasteiger partial charge on any atom is -0.756 e. The van der Waals surface area contributed by atoms with Crippen molar-refractivity contribution < 1.29 is 51.7 Å². The first-order valence-electron chi connectivity index (χ1n) is 8.91. The summed E-state index contributed by atoms with van der Waals surface area (Å²) in [4.78, 5) is 36.7. The molecule has 1 fully saturated rings. The average molecular weight is 488 g/mol. The predicted octanol–water partition coefficient (Wildman–Crippen LogP) is -2.23. The highest BCUT2D eigenvalue weighted by atomic mass is 31.3. The molecule has 178 valence electrons. The molecule has 0 aromatic carbocycles. The summed E-state index contributed by atoms with van der Waals surface area (Å²) in [5.74, 6) is -0.0711. The van der Waals surface area contributed by atoms with E-state index >= 15 is 0 Å². The Morgan fingerprint density at radius 2 is 1.94 bits per heavy atom. The van der Waals surface area contributed by atoms with E-state index in [4.69, 9.17) is 10.5 Å². The van der Waals surface area contributed by atoms with Gasteiger partial charge in [-0.3, -0.25) is 13.7 Å². The van der Waals surface area contributed by atoms with E-state index in [0.717, 1.165) is 4.57 Å². The zero-order chi connectivity index (χ0) is 23.6. The number of aromatic nitrogens is 2. The Balaban J connectivity index is 1.96. The largest absolute Gasteiger partial charge is 0.756 e. The Bertz CT molecular complexity index is 920. The third-order valence-corrected chi connectivity index (χ3v) is 6.68. The van der Waals surface area contributed by atoms with Crippen LogP contribution in [0.2, 0.25) is 0 Å². The lowest BCUT2D eigenvalue weighted by Crippen LogP contribution is -2.37. The smallest absolute Gasteiger partial charge is 0.478 e. The number of nitrogen functional groups attached to an aromatic ring is 1. The van der Waals surface area contributed by atoms with Crippen molar-refractivity contribution in [3.05, 3.63) is 22.7 Å². The number of aliphatic hydroxyl groups excluding tert-OH is 2. The number of phosphoric ester groups is 2. The maximum atomic E-state index is 12.0. The molecule has 31 heavy (non-hydrogen) atoms. The molecule has 0 spiro atoms. The molecule has 2 rings (SSSR count). The van der Waals surface area contributed by atoms with Crippen LogP contribution in [0.1, 0.15) is 6.23 Å². The lowest BCUT2D eigenvalue weighted by molar-refractivity contribution is -0.870. The first kappa shape index (κ1) is 26.0. The zero-order valence-electron chi connectivity index (χ0n) is 17.0. The zero-order valence-corrected chi connectivity index (χ0v) is 18.8. The molecule has 15 nitrogen and oxygen atoms in total. The van der Waals surface area contributed by atoms with E-state index in [-0.39, 0.29) is 19.0 Å². The highest BCUT2D eigenvalue weighted by molar-refractivity contribution is 7.60. The number of phosphoric acid groups is 2. The Kier molecular flexibility index (Phi) is 8.17. The molecule has 2 heterocycles. The molecule has 0 bridgehead atoms. The Morgan fingerprint density at radius 1 is 1.29 bits per heavy atom. The van der Waals surface area contributed by atoms with Crippen molar-refractivity contribution in [2.45, 2.75) is 24.5 Å². The first-order valence-corrected chi connectivity index (χ1v) is 11.9. The van der Waals surface area contributed by atoms with E-state index in [9.17, 15) is 33.9 Å². The van der Waals surface area contributed by atoms with Crippen molar-refractivity contribution in [2.75, 3.05) is 46.6 Å². The number of rotatable bonds is 10. The molecule has 2 unspecified atom stereocenters. The van der Waals surface area contributed by atoms with E-state index in [1.807, 2.05) is 0 Å². The SMILES string of the molecule is C[N+](C)(C)CCOP(=O)([O-])OP(=O)(O)OC[C@@H]1O[C@@H](n2ccc(N)nc2=O)[C@H](O)[C@H]1O. The monoisotopic (exact) mass is 488 g/mol. The lowest BCUT2D eigenvalue weighted by atomic mass is 10.1. The van der Waals surface area contributed by atoms with Crippen molar-refractivity contribution in [3.8, 4) is 0 Å². The van der Waals surface area contributed by atoms with E-state index in [0.29, 0.717) is 4.48 Å². The van der Waals surface area contributed by atoms with Gasteiger partial charge in [-0.2, -0.15) is 4.98 Å². The predicted molar refractivity (Wildman–Crippen MR) is 102 cm³/mol. The molecule has 6 atom stereocenters. The molecule has 0 amide bonds. The van der Waals surface area contributed by atoms with Gasteiger partial charge in [0.15, 0.2) is 6.23 Å². The fourth-order valence-electron chi connectivity index (χ4n) is 2.48. The summed E-state index contributed by atoms with van der Waals surface area (Å²) in [6.45, 7) is -0.877. The molecule has 1 aliphatic heterocycles. The normalized spacial score (nSPS) is 28.2. The van der Waals surface area contributed by atoms with Crippen LogP contribution in [0.5, 0.6) is 0 Å². The maximum absolute atomic E-state index is 12.0. The molecule has 0 saturated carbocycles. The van der Waals surface area contributed by atoms with E-state index in [2.05, 4.69) is 18.3 Å². The van der Waals surface area contributed by atoms with Crippen LogP contribution in [0.4, 0.5) is 5.82 Å². The van der Waals surface area contributed by atoms with Crippen molar-refractivity contribution in [1.29, 1.82) is 0 Å². The summed E-state index contributed by atoms with van der Waals surface area (Å²) in [5, 5.41) is 20.2.